The smallest absolute Gasteiger partial charge is 0.163 e. The van der Waals surface area contributed by atoms with E-state index in [1.807, 2.05) is 12.1 Å². The van der Waals surface area contributed by atoms with Gasteiger partial charge in [-0.1, -0.05) is 13.3 Å². The minimum absolute atomic E-state index is 0.252. The van der Waals surface area contributed by atoms with Crippen molar-refractivity contribution < 1.29 is 14.2 Å². The predicted octanol–water partition coefficient (Wildman–Crippen LogP) is 2.75. The molecule has 1 unspecified atom stereocenters. The van der Waals surface area contributed by atoms with Crippen molar-refractivity contribution in [2.75, 3.05) is 18.9 Å². The first kappa shape index (κ1) is 13.0. The quantitative estimate of drug-likeness (QED) is 0.817. The van der Waals surface area contributed by atoms with Crippen molar-refractivity contribution in [2.24, 2.45) is 0 Å². The van der Waals surface area contributed by atoms with Gasteiger partial charge in [0.1, 0.15) is 13.2 Å². The van der Waals surface area contributed by atoms with Crippen LogP contribution >= 0.6 is 0 Å². The van der Waals surface area contributed by atoms with Crippen LogP contribution in [0.5, 0.6) is 11.5 Å². The molecule has 4 nitrogen and oxygen atoms in total. The maximum atomic E-state index is 5.99. The Hall–Kier alpha value is -1.42. The van der Waals surface area contributed by atoms with Crippen LogP contribution in [0.1, 0.15) is 32.3 Å². The third-order valence-electron chi connectivity index (χ3n) is 3.02. The van der Waals surface area contributed by atoms with Crippen LogP contribution in [-0.4, -0.2) is 19.3 Å². The summed E-state index contributed by atoms with van der Waals surface area (Å²) in [6, 6.07) is 3.74. The largest absolute Gasteiger partial charge is 0.486 e. The lowest BCUT2D eigenvalue weighted by Gasteiger charge is -2.20. The van der Waals surface area contributed by atoms with Gasteiger partial charge in [-0.2, -0.15) is 0 Å². The summed E-state index contributed by atoms with van der Waals surface area (Å²) < 4.78 is 16.8. The molecule has 0 aromatic heterocycles. The van der Waals surface area contributed by atoms with E-state index in [0.717, 1.165) is 29.9 Å². The van der Waals surface area contributed by atoms with Gasteiger partial charge < -0.3 is 19.9 Å². The van der Waals surface area contributed by atoms with Crippen molar-refractivity contribution in [3.05, 3.63) is 17.7 Å². The summed E-state index contributed by atoms with van der Waals surface area (Å²) >= 11 is 0. The normalized spacial score (nSPS) is 15.4. The highest BCUT2D eigenvalue weighted by Crippen LogP contribution is 2.34. The molecule has 0 amide bonds. The fourth-order valence-corrected chi connectivity index (χ4v) is 1.99. The molecular formula is C14H21NO3. The van der Waals surface area contributed by atoms with E-state index in [2.05, 4.69) is 13.8 Å². The van der Waals surface area contributed by atoms with Gasteiger partial charge in [0.05, 0.1) is 12.7 Å². The summed E-state index contributed by atoms with van der Waals surface area (Å²) in [6.07, 6.45) is 2.44. The molecule has 0 saturated carbocycles. The molecule has 0 saturated heterocycles. The fourth-order valence-electron chi connectivity index (χ4n) is 1.99. The second kappa shape index (κ2) is 5.96. The second-order valence-corrected chi connectivity index (χ2v) is 4.60. The zero-order valence-electron chi connectivity index (χ0n) is 11.1. The topological polar surface area (TPSA) is 53.7 Å². The van der Waals surface area contributed by atoms with Crippen LogP contribution in [-0.2, 0) is 11.3 Å². The Balaban J connectivity index is 2.04. The third kappa shape index (κ3) is 3.07. The molecule has 100 valence electrons. The number of benzene rings is 1. The number of rotatable bonds is 5. The Morgan fingerprint density at radius 3 is 2.61 bits per heavy atom. The predicted molar refractivity (Wildman–Crippen MR) is 71.0 cm³/mol. The average Bonchev–Trinajstić information content (AvgIpc) is 2.36. The highest BCUT2D eigenvalue weighted by atomic mass is 16.6. The minimum atomic E-state index is 0.252. The molecule has 0 bridgehead atoms. The number of hydrogen-bond acceptors (Lipinski definition) is 4. The van der Waals surface area contributed by atoms with E-state index < -0.39 is 0 Å². The van der Waals surface area contributed by atoms with E-state index in [1.165, 1.54) is 0 Å². The fraction of sp³-hybridized carbons (Fsp3) is 0.571. The van der Waals surface area contributed by atoms with Gasteiger partial charge in [-0.15, -0.1) is 0 Å². The Morgan fingerprint density at radius 1 is 1.28 bits per heavy atom. The molecule has 0 spiro atoms. The minimum Gasteiger partial charge on any atom is -0.486 e. The number of ether oxygens (including phenoxy) is 3. The zero-order chi connectivity index (χ0) is 13.0. The molecule has 1 aliphatic rings. The van der Waals surface area contributed by atoms with Crippen molar-refractivity contribution in [3.8, 4) is 11.5 Å². The van der Waals surface area contributed by atoms with E-state index in [4.69, 9.17) is 19.9 Å². The van der Waals surface area contributed by atoms with E-state index >= 15 is 0 Å². The summed E-state index contributed by atoms with van der Waals surface area (Å²) in [6.45, 7) is 5.92. The monoisotopic (exact) mass is 251 g/mol. The highest BCUT2D eigenvalue weighted by molar-refractivity contribution is 5.58. The lowest BCUT2D eigenvalue weighted by Crippen LogP contribution is -2.16. The molecule has 2 N–H and O–H groups in total. The molecule has 1 aliphatic heterocycles. The van der Waals surface area contributed by atoms with Crippen molar-refractivity contribution in [2.45, 2.75) is 39.4 Å². The van der Waals surface area contributed by atoms with Crippen molar-refractivity contribution in [1.29, 1.82) is 0 Å². The van der Waals surface area contributed by atoms with E-state index in [-0.39, 0.29) is 6.10 Å². The van der Waals surface area contributed by atoms with Crippen LogP contribution in [0, 0.1) is 0 Å². The first-order valence-corrected chi connectivity index (χ1v) is 6.50. The van der Waals surface area contributed by atoms with Crippen LogP contribution in [0.2, 0.25) is 0 Å². The Morgan fingerprint density at radius 2 is 1.94 bits per heavy atom. The number of nitrogens with two attached hydrogens (primary N) is 1. The second-order valence-electron chi connectivity index (χ2n) is 4.60. The summed E-state index contributed by atoms with van der Waals surface area (Å²) in [5.41, 5.74) is 7.65. The zero-order valence-corrected chi connectivity index (χ0v) is 11.1. The first-order valence-electron chi connectivity index (χ1n) is 6.50. The summed E-state index contributed by atoms with van der Waals surface area (Å²) in [4.78, 5) is 0. The van der Waals surface area contributed by atoms with Crippen molar-refractivity contribution in [1.82, 2.24) is 0 Å². The van der Waals surface area contributed by atoms with Gasteiger partial charge in [0.15, 0.2) is 11.5 Å². The number of hydrogen-bond donors (Lipinski definition) is 1. The number of fused-ring (bicyclic) bond motifs is 1. The van der Waals surface area contributed by atoms with Gasteiger partial charge in [0.2, 0.25) is 0 Å². The van der Waals surface area contributed by atoms with Crippen molar-refractivity contribution in [3.63, 3.8) is 0 Å². The summed E-state index contributed by atoms with van der Waals surface area (Å²) in [5.74, 6) is 1.49. The molecule has 1 aromatic rings. The molecule has 18 heavy (non-hydrogen) atoms. The van der Waals surface area contributed by atoms with Crippen LogP contribution in [0.4, 0.5) is 5.69 Å². The summed E-state index contributed by atoms with van der Waals surface area (Å²) in [7, 11) is 0. The highest BCUT2D eigenvalue weighted by Gasteiger charge is 2.15. The molecule has 0 fully saturated rings. The van der Waals surface area contributed by atoms with Gasteiger partial charge in [-0.05, 0) is 19.4 Å². The SMILES string of the molecule is CCCC(C)OCc1cc2c(cc1N)OCCO2. The molecule has 2 rings (SSSR count). The lowest BCUT2D eigenvalue weighted by molar-refractivity contribution is 0.0472. The van der Waals surface area contributed by atoms with Crippen molar-refractivity contribution >= 4 is 5.69 Å². The molecule has 1 heterocycles. The first-order chi connectivity index (χ1) is 8.70. The molecule has 4 heteroatoms. The van der Waals surface area contributed by atoms with E-state index in [9.17, 15) is 0 Å². The maximum absolute atomic E-state index is 5.99. The standard InChI is InChI=1S/C14H21NO3/c1-3-4-10(2)18-9-11-7-13-14(8-12(11)15)17-6-5-16-13/h7-8,10H,3-6,9,15H2,1-2H3. The van der Waals surface area contributed by atoms with E-state index in [1.54, 1.807) is 0 Å². The Kier molecular flexibility index (Phi) is 4.31. The van der Waals surface area contributed by atoms with Crippen LogP contribution in [0.25, 0.3) is 0 Å². The number of nitrogen functional groups attached to an aromatic ring is 1. The van der Waals surface area contributed by atoms with Gasteiger partial charge in [0, 0.05) is 17.3 Å². The molecule has 0 aliphatic carbocycles. The van der Waals surface area contributed by atoms with E-state index in [0.29, 0.717) is 25.5 Å². The van der Waals surface area contributed by atoms with Gasteiger partial charge in [0.25, 0.3) is 0 Å². The molecule has 0 radical (unpaired) electrons. The molecule has 1 atom stereocenters. The average molecular weight is 251 g/mol. The molecule has 1 aromatic carbocycles. The maximum Gasteiger partial charge on any atom is 0.163 e. The third-order valence-corrected chi connectivity index (χ3v) is 3.02. The van der Waals surface area contributed by atoms with Gasteiger partial charge >= 0.3 is 0 Å². The van der Waals surface area contributed by atoms with Crippen LogP contribution in [0.3, 0.4) is 0 Å². The van der Waals surface area contributed by atoms with Gasteiger partial charge in [-0.25, -0.2) is 0 Å². The Bertz CT molecular complexity index is 406. The van der Waals surface area contributed by atoms with Crippen LogP contribution < -0.4 is 15.2 Å². The molecular weight excluding hydrogens is 230 g/mol. The lowest BCUT2D eigenvalue weighted by atomic mass is 10.1. The number of anilines is 1. The van der Waals surface area contributed by atoms with Crippen LogP contribution in [0.15, 0.2) is 12.1 Å². The van der Waals surface area contributed by atoms with Gasteiger partial charge in [-0.3, -0.25) is 0 Å². The Labute approximate surface area is 108 Å². The summed E-state index contributed by atoms with van der Waals surface area (Å²) in [5, 5.41) is 0.